The van der Waals surface area contributed by atoms with Gasteiger partial charge in [0, 0.05) is 10.4 Å². The molecule has 0 bridgehead atoms. The Bertz CT molecular complexity index is 1030. The standard InChI is InChI=1S/C18H15Cl2N3O3/c1-9-5-10(2)16-12(6-9)17(18(25)21-16)23-22-15(24)8-26-14-4-3-11(19)7-13(14)20/h3-7,21,25H,8H2,1-2H3. The minimum atomic E-state index is -0.617. The number of fused-ring (bicyclic) bond motifs is 1. The Balaban J connectivity index is 1.76. The van der Waals surface area contributed by atoms with Crippen molar-refractivity contribution in [3.8, 4) is 11.6 Å². The molecule has 134 valence electrons. The molecule has 0 radical (unpaired) electrons. The Labute approximate surface area is 159 Å². The number of aromatic hydroxyl groups is 1. The summed E-state index contributed by atoms with van der Waals surface area (Å²) in [5, 5.41) is 19.0. The summed E-state index contributed by atoms with van der Waals surface area (Å²) in [6.07, 6.45) is 0. The van der Waals surface area contributed by atoms with E-state index in [1.807, 2.05) is 26.0 Å². The summed E-state index contributed by atoms with van der Waals surface area (Å²) in [7, 11) is 0. The predicted octanol–water partition coefficient (Wildman–Crippen LogP) is 5.49. The van der Waals surface area contributed by atoms with Gasteiger partial charge in [-0.2, -0.15) is 0 Å². The molecule has 2 N–H and O–H groups in total. The second-order valence-electron chi connectivity index (χ2n) is 5.78. The molecule has 3 aromatic rings. The van der Waals surface area contributed by atoms with Gasteiger partial charge in [-0.05, 0) is 43.7 Å². The fourth-order valence-corrected chi connectivity index (χ4v) is 3.06. The molecular formula is C18H15Cl2N3O3. The van der Waals surface area contributed by atoms with E-state index in [2.05, 4.69) is 15.2 Å². The Kier molecular flexibility index (Phi) is 5.15. The molecule has 1 heterocycles. The summed E-state index contributed by atoms with van der Waals surface area (Å²) in [5.41, 5.74) is 2.93. The van der Waals surface area contributed by atoms with E-state index in [9.17, 15) is 9.90 Å². The van der Waals surface area contributed by atoms with Crippen molar-refractivity contribution in [2.45, 2.75) is 13.8 Å². The molecule has 6 nitrogen and oxygen atoms in total. The molecule has 0 atom stereocenters. The molecule has 2 aromatic carbocycles. The number of ether oxygens (including phenoxy) is 1. The Morgan fingerprint density at radius 1 is 1.23 bits per heavy atom. The zero-order chi connectivity index (χ0) is 18.8. The lowest BCUT2D eigenvalue weighted by Crippen LogP contribution is -2.08. The first-order chi connectivity index (χ1) is 12.3. The number of carbonyl (C=O) groups excluding carboxylic acids is 1. The van der Waals surface area contributed by atoms with Gasteiger partial charge in [0.2, 0.25) is 5.88 Å². The first-order valence-electron chi connectivity index (χ1n) is 7.69. The first kappa shape index (κ1) is 18.2. The van der Waals surface area contributed by atoms with Crippen LogP contribution in [0.4, 0.5) is 5.69 Å². The highest BCUT2D eigenvalue weighted by atomic mass is 35.5. The second kappa shape index (κ2) is 7.35. The fourth-order valence-electron chi connectivity index (χ4n) is 2.59. The number of H-pyrrole nitrogens is 1. The van der Waals surface area contributed by atoms with Crippen LogP contribution in [0.25, 0.3) is 10.9 Å². The molecule has 0 unspecified atom stereocenters. The fraction of sp³-hybridized carbons (Fsp3) is 0.167. The van der Waals surface area contributed by atoms with Crippen molar-refractivity contribution in [2.24, 2.45) is 10.2 Å². The molecule has 1 aromatic heterocycles. The lowest BCUT2D eigenvalue weighted by atomic mass is 10.1. The molecule has 0 aliphatic rings. The minimum absolute atomic E-state index is 0.146. The number of benzene rings is 2. The summed E-state index contributed by atoms with van der Waals surface area (Å²) in [4.78, 5) is 14.8. The smallest absolute Gasteiger partial charge is 0.302 e. The zero-order valence-electron chi connectivity index (χ0n) is 14.0. The van der Waals surface area contributed by atoms with Crippen molar-refractivity contribution in [1.29, 1.82) is 0 Å². The number of azo groups is 1. The van der Waals surface area contributed by atoms with Gasteiger partial charge >= 0.3 is 5.91 Å². The summed E-state index contributed by atoms with van der Waals surface area (Å²) in [6.45, 7) is 3.51. The number of nitrogens with zero attached hydrogens (tertiary/aromatic N) is 2. The SMILES string of the molecule is Cc1cc(C)c2[nH]c(O)c(N=NC(=O)COc3ccc(Cl)cc3Cl)c2c1. The van der Waals surface area contributed by atoms with Crippen molar-refractivity contribution < 1.29 is 14.6 Å². The van der Waals surface area contributed by atoms with Crippen LogP contribution in [0.3, 0.4) is 0 Å². The lowest BCUT2D eigenvalue weighted by molar-refractivity contribution is -0.120. The number of hydrogen-bond acceptors (Lipinski definition) is 4. The van der Waals surface area contributed by atoms with Crippen LogP contribution in [0, 0.1) is 13.8 Å². The number of aryl methyl sites for hydroxylation is 2. The molecule has 0 spiro atoms. The minimum Gasteiger partial charge on any atom is -0.493 e. The Morgan fingerprint density at radius 3 is 2.73 bits per heavy atom. The van der Waals surface area contributed by atoms with Gasteiger partial charge in [-0.15, -0.1) is 10.2 Å². The van der Waals surface area contributed by atoms with E-state index in [1.165, 1.54) is 6.07 Å². The number of amides is 1. The van der Waals surface area contributed by atoms with Crippen LogP contribution in [-0.2, 0) is 4.79 Å². The maximum atomic E-state index is 11.9. The summed E-state index contributed by atoms with van der Waals surface area (Å²) < 4.78 is 5.32. The van der Waals surface area contributed by atoms with Crippen LogP contribution in [-0.4, -0.2) is 22.6 Å². The number of nitrogens with one attached hydrogen (secondary N) is 1. The van der Waals surface area contributed by atoms with Gasteiger partial charge in [-0.3, -0.25) is 4.79 Å². The normalized spacial score (nSPS) is 11.4. The van der Waals surface area contributed by atoms with Gasteiger partial charge in [0.15, 0.2) is 12.3 Å². The Morgan fingerprint density at radius 2 is 2.00 bits per heavy atom. The number of halogens is 2. The van der Waals surface area contributed by atoms with Crippen LogP contribution in [0.5, 0.6) is 11.6 Å². The van der Waals surface area contributed by atoms with E-state index >= 15 is 0 Å². The average Bonchev–Trinajstić information content (AvgIpc) is 2.88. The maximum absolute atomic E-state index is 11.9. The summed E-state index contributed by atoms with van der Waals surface area (Å²) in [6, 6.07) is 8.52. The summed E-state index contributed by atoms with van der Waals surface area (Å²) in [5.74, 6) is -0.443. The van der Waals surface area contributed by atoms with Crippen molar-refractivity contribution in [1.82, 2.24) is 4.98 Å². The largest absolute Gasteiger partial charge is 0.493 e. The highest BCUT2D eigenvalue weighted by molar-refractivity contribution is 6.35. The molecular weight excluding hydrogens is 377 g/mol. The van der Waals surface area contributed by atoms with Crippen molar-refractivity contribution in [3.05, 3.63) is 51.5 Å². The monoisotopic (exact) mass is 391 g/mol. The maximum Gasteiger partial charge on any atom is 0.302 e. The van der Waals surface area contributed by atoms with Crippen molar-refractivity contribution in [2.75, 3.05) is 6.61 Å². The first-order valence-corrected chi connectivity index (χ1v) is 8.45. The van der Waals surface area contributed by atoms with Gasteiger partial charge in [-0.1, -0.05) is 34.8 Å². The van der Waals surface area contributed by atoms with Crippen LogP contribution in [0.15, 0.2) is 40.6 Å². The molecule has 0 aliphatic carbocycles. The van der Waals surface area contributed by atoms with Crippen LogP contribution in [0.2, 0.25) is 10.0 Å². The van der Waals surface area contributed by atoms with Gasteiger partial charge in [0.25, 0.3) is 0 Å². The lowest BCUT2D eigenvalue weighted by Gasteiger charge is -2.05. The number of aromatic nitrogens is 1. The molecule has 8 heteroatoms. The molecule has 3 rings (SSSR count). The second-order valence-corrected chi connectivity index (χ2v) is 6.63. The number of rotatable bonds is 4. The number of carbonyl (C=O) groups is 1. The number of hydrogen-bond donors (Lipinski definition) is 2. The number of aromatic amines is 1. The molecule has 26 heavy (non-hydrogen) atoms. The molecule has 0 aliphatic heterocycles. The Hall–Kier alpha value is -2.57. The van der Waals surface area contributed by atoms with Crippen LogP contribution >= 0.6 is 23.2 Å². The van der Waals surface area contributed by atoms with Crippen LogP contribution < -0.4 is 4.74 Å². The molecule has 1 amide bonds. The van der Waals surface area contributed by atoms with Crippen LogP contribution in [0.1, 0.15) is 11.1 Å². The van der Waals surface area contributed by atoms with Gasteiger partial charge < -0.3 is 14.8 Å². The van der Waals surface area contributed by atoms with Gasteiger partial charge in [-0.25, -0.2) is 0 Å². The molecule has 0 saturated carbocycles. The third-order valence-corrected chi connectivity index (χ3v) is 4.24. The zero-order valence-corrected chi connectivity index (χ0v) is 15.5. The van der Waals surface area contributed by atoms with Gasteiger partial charge in [0.05, 0.1) is 10.5 Å². The third-order valence-electron chi connectivity index (χ3n) is 3.71. The summed E-state index contributed by atoms with van der Waals surface area (Å²) >= 11 is 11.8. The highest BCUT2D eigenvalue weighted by Gasteiger charge is 2.13. The van der Waals surface area contributed by atoms with E-state index in [0.29, 0.717) is 21.2 Å². The molecule has 0 fully saturated rings. The van der Waals surface area contributed by atoms with Crippen molar-refractivity contribution >= 4 is 45.7 Å². The van der Waals surface area contributed by atoms with E-state index in [4.69, 9.17) is 27.9 Å². The predicted molar refractivity (Wildman–Crippen MR) is 101 cm³/mol. The van der Waals surface area contributed by atoms with E-state index < -0.39 is 5.91 Å². The quantitative estimate of drug-likeness (QED) is 0.576. The van der Waals surface area contributed by atoms with E-state index in [-0.39, 0.29) is 18.2 Å². The highest BCUT2D eigenvalue weighted by Crippen LogP contribution is 2.37. The van der Waals surface area contributed by atoms with Crippen molar-refractivity contribution in [3.63, 3.8) is 0 Å². The van der Waals surface area contributed by atoms with E-state index in [1.54, 1.807) is 12.1 Å². The third kappa shape index (κ3) is 3.81. The van der Waals surface area contributed by atoms with Gasteiger partial charge in [0.1, 0.15) is 5.75 Å². The average molecular weight is 392 g/mol. The topological polar surface area (TPSA) is 87.0 Å². The van der Waals surface area contributed by atoms with E-state index in [0.717, 1.165) is 16.6 Å². The molecule has 0 saturated heterocycles.